The number of guanidine groups is 1. The number of rotatable bonds is 7. The van der Waals surface area contributed by atoms with E-state index in [1.807, 2.05) is 6.92 Å². The van der Waals surface area contributed by atoms with Crippen molar-refractivity contribution in [3.63, 3.8) is 0 Å². The number of methoxy groups -OCH3 is 1. The van der Waals surface area contributed by atoms with E-state index in [1.54, 1.807) is 7.11 Å². The summed E-state index contributed by atoms with van der Waals surface area (Å²) in [6.07, 6.45) is 5.41. The smallest absolute Gasteiger partial charge is 0.188 e. The second-order valence-electron chi connectivity index (χ2n) is 5.19. The number of ether oxygens (including phenoxy) is 1. The van der Waals surface area contributed by atoms with Gasteiger partial charge >= 0.3 is 0 Å². The number of hydrogen-bond acceptors (Lipinski definition) is 3. The fraction of sp³-hybridized carbons (Fsp3) is 0.923. The lowest BCUT2D eigenvalue weighted by atomic mass is 10.2. The van der Waals surface area contributed by atoms with Crippen molar-refractivity contribution in [1.29, 1.82) is 0 Å². The maximum Gasteiger partial charge on any atom is 0.188 e. The summed E-state index contributed by atoms with van der Waals surface area (Å²) in [5, 5.41) is 3.11. The standard InChI is InChI=1S/C13H28N4O.HI/c1-11(10-18-3)16-13(14)15-8-9-17(2)12-6-4-5-7-12;/h11-12H,4-10H2,1-3H3,(H3,14,15,16);1H. The van der Waals surface area contributed by atoms with Gasteiger partial charge in [-0.1, -0.05) is 12.8 Å². The summed E-state index contributed by atoms with van der Waals surface area (Å²) >= 11 is 0. The van der Waals surface area contributed by atoms with Crippen LogP contribution in [0, 0.1) is 0 Å². The van der Waals surface area contributed by atoms with Crippen LogP contribution in [-0.2, 0) is 4.74 Å². The maximum absolute atomic E-state index is 5.81. The Morgan fingerprint density at radius 1 is 1.47 bits per heavy atom. The van der Waals surface area contributed by atoms with Gasteiger partial charge in [0.2, 0.25) is 0 Å². The number of nitrogens with one attached hydrogen (secondary N) is 1. The lowest BCUT2D eigenvalue weighted by Gasteiger charge is -2.23. The molecule has 0 heterocycles. The molecule has 114 valence electrons. The average Bonchev–Trinajstić information content (AvgIpc) is 2.82. The molecule has 0 bridgehead atoms. The van der Waals surface area contributed by atoms with Crippen LogP contribution >= 0.6 is 24.0 Å². The van der Waals surface area contributed by atoms with Gasteiger partial charge in [0.25, 0.3) is 0 Å². The Labute approximate surface area is 134 Å². The average molecular weight is 384 g/mol. The first-order chi connectivity index (χ1) is 8.63. The zero-order chi connectivity index (χ0) is 13.4. The highest BCUT2D eigenvalue weighted by molar-refractivity contribution is 14.0. The van der Waals surface area contributed by atoms with E-state index in [2.05, 4.69) is 22.3 Å². The number of nitrogens with two attached hydrogens (primary N) is 1. The molecule has 3 N–H and O–H groups in total. The predicted octanol–water partition coefficient (Wildman–Crippen LogP) is 1.42. The Bertz CT molecular complexity index is 257. The minimum absolute atomic E-state index is 0. The number of halogens is 1. The summed E-state index contributed by atoms with van der Waals surface area (Å²) in [6, 6.07) is 0.952. The molecule has 1 aliphatic rings. The summed E-state index contributed by atoms with van der Waals surface area (Å²) in [5.74, 6) is 0.513. The molecule has 19 heavy (non-hydrogen) atoms. The molecule has 0 aliphatic heterocycles. The van der Waals surface area contributed by atoms with Gasteiger partial charge in [-0.25, -0.2) is 0 Å². The molecule has 0 aromatic rings. The predicted molar refractivity (Wildman–Crippen MR) is 91.3 cm³/mol. The third-order valence-electron chi connectivity index (χ3n) is 3.49. The lowest BCUT2D eigenvalue weighted by Crippen LogP contribution is -2.41. The molecular formula is C13H29IN4O. The van der Waals surface area contributed by atoms with Crippen molar-refractivity contribution < 1.29 is 4.74 Å². The zero-order valence-electron chi connectivity index (χ0n) is 12.4. The van der Waals surface area contributed by atoms with Gasteiger partial charge in [0.05, 0.1) is 13.2 Å². The first kappa shape index (κ1) is 18.9. The summed E-state index contributed by atoms with van der Waals surface area (Å²) in [4.78, 5) is 6.75. The molecule has 0 amide bonds. The van der Waals surface area contributed by atoms with Crippen molar-refractivity contribution >= 4 is 29.9 Å². The molecule has 0 spiro atoms. The zero-order valence-corrected chi connectivity index (χ0v) is 14.7. The number of aliphatic imine (C=N–C) groups is 1. The fourth-order valence-electron chi connectivity index (χ4n) is 2.45. The van der Waals surface area contributed by atoms with Crippen molar-refractivity contribution in [3.05, 3.63) is 0 Å². The van der Waals surface area contributed by atoms with E-state index in [-0.39, 0.29) is 30.0 Å². The van der Waals surface area contributed by atoms with Crippen molar-refractivity contribution in [2.45, 2.75) is 44.7 Å². The van der Waals surface area contributed by atoms with Crippen molar-refractivity contribution in [1.82, 2.24) is 10.2 Å². The molecule has 0 aromatic carbocycles. The van der Waals surface area contributed by atoms with Crippen molar-refractivity contribution in [3.8, 4) is 0 Å². The van der Waals surface area contributed by atoms with E-state index in [4.69, 9.17) is 10.5 Å². The summed E-state index contributed by atoms with van der Waals surface area (Å²) in [5.41, 5.74) is 5.81. The lowest BCUT2D eigenvalue weighted by molar-refractivity contribution is 0.179. The minimum atomic E-state index is 0. The molecule has 0 saturated heterocycles. The van der Waals surface area contributed by atoms with Crippen LogP contribution in [0.3, 0.4) is 0 Å². The van der Waals surface area contributed by atoms with Gasteiger partial charge in [-0.05, 0) is 26.8 Å². The van der Waals surface area contributed by atoms with Crippen molar-refractivity contribution in [2.75, 3.05) is 33.9 Å². The van der Waals surface area contributed by atoms with Crippen molar-refractivity contribution in [2.24, 2.45) is 10.7 Å². The van der Waals surface area contributed by atoms with E-state index in [0.29, 0.717) is 12.6 Å². The summed E-state index contributed by atoms with van der Waals surface area (Å²) < 4.78 is 5.03. The van der Waals surface area contributed by atoms with E-state index in [1.165, 1.54) is 25.7 Å². The second-order valence-corrected chi connectivity index (χ2v) is 5.19. The van der Waals surface area contributed by atoms with Crippen LogP contribution in [0.15, 0.2) is 4.99 Å². The van der Waals surface area contributed by atoms with E-state index >= 15 is 0 Å². The van der Waals surface area contributed by atoms with Gasteiger partial charge in [-0.2, -0.15) is 0 Å². The monoisotopic (exact) mass is 384 g/mol. The number of likely N-dealkylation sites (N-methyl/N-ethyl adjacent to an activating group) is 1. The Balaban J connectivity index is 0.00000324. The Kier molecular flexibility index (Phi) is 10.6. The maximum atomic E-state index is 5.81. The first-order valence-electron chi connectivity index (χ1n) is 6.89. The van der Waals surface area contributed by atoms with E-state index < -0.39 is 0 Å². The summed E-state index contributed by atoms with van der Waals surface area (Å²) in [7, 11) is 3.87. The van der Waals surface area contributed by atoms with Gasteiger partial charge in [0, 0.05) is 25.7 Å². The van der Waals surface area contributed by atoms with Crippen LogP contribution < -0.4 is 11.1 Å². The molecule has 1 atom stereocenters. The van der Waals surface area contributed by atoms with Gasteiger partial charge in [-0.3, -0.25) is 4.99 Å². The topological polar surface area (TPSA) is 62.9 Å². The highest BCUT2D eigenvalue weighted by Crippen LogP contribution is 2.21. The molecule has 0 aromatic heterocycles. The Hall–Kier alpha value is -0.0800. The minimum Gasteiger partial charge on any atom is -0.383 e. The molecule has 0 radical (unpaired) electrons. The fourth-order valence-corrected chi connectivity index (χ4v) is 2.45. The van der Waals surface area contributed by atoms with Crippen LogP contribution in [0.25, 0.3) is 0 Å². The van der Waals surface area contributed by atoms with Crippen LogP contribution in [0.4, 0.5) is 0 Å². The second kappa shape index (κ2) is 10.7. The molecule has 1 fully saturated rings. The summed E-state index contributed by atoms with van der Waals surface area (Å²) in [6.45, 7) is 4.39. The van der Waals surface area contributed by atoms with E-state index in [0.717, 1.165) is 19.1 Å². The Morgan fingerprint density at radius 3 is 2.68 bits per heavy atom. The molecular weight excluding hydrogens is 355 g/mol. The van der Waals surface area contributed by atoms with Crippen LogP contribution in [-0.4, -0.2) is 56.8 Å². The normalized spacial score (nSPS) is 18.4. The van der Waals surface area contributed by atoms with Gasteiger partial charge in [-0.15, -0.1) is 24.0 Å². The third-order valence-corrected chi connectivity index (χ3v) is 3.49. The molecule has 1 rings (SSSR count). The number of hydrogen-bond donors (Lipinski definition) is 2. The van der Waals surface area contributed by atoms with Gasteiger partial charge in [0.15, 0.2) is 5.96 Å². The SMILES string of the molecule is COCC(C)NC(N)=NCCN(C)C1CCCC1.I. The first-order valence-corrected chi connectivity index (χ1v) is 6.89. The molecule has 5 nitrogen and oxygen atoms in total. The highest BCUT2D eigenvalue weighted by atomic mass is 127. The molecule has 1 saturated carbocycles. The quantitative estimate of drug-likeness (QED) is 0.396. The van der Waals surface area contributed by atoms with E-state index in [9.17, 15) is 0 Å². The largest absolute Gasteiger partial charge is 0.383 e. The highest BCUT2D eigenvalue weighted by Gasteiger charge is 2.18. The van der Waals surface area contributed by atoms with Crippen LogP contribution in [0.1, 0.15) is 32.6 Å². The van der Waals surface area contributed by atoms with Crippen LogP contribution in [0.5, 0.6) is 0 Å². The Morgan fingerprint density at radius 2 is 2.11 bits per heavy atom. The van der Waals surface area contributed by atoms with Gasteiger partial charge < -0.3 is 20.7 Å². The number of nitrogens with zero attached hydrogens (tertiary/aromatic N) is 2. The third kappa shape index (κ3) is 7.94. The molecule has 1 aliphatic carbocycles. The molecule has 1 unspecified atom stereocenters. The van der Waals surface area contributed by atoms with Crippen LogP contribution in [0.2, 0.25) is 0 Å². The molecule has 6 heteroatoms. The van der Waals surface area contributed by atoms with Gasteiger partial charge in [0.1, 0.15) is 0 Å².